The molecule has 0 amide bonds. The van der Waals surface area contributed by atoms with Gasteiger partial charge in [-0.2, -0.15) is 0 Å². The molecule has 0 bridgehead atoms. The highest BCUT2D eigenvalue weighted by molar-refractivity contribution is 5.91. The molecular weight excluding hydrogens is 352 g/mol. The molecule has 0 unspecified atom stereocenters. The predicted molar refractivity (Wildman–Crippen MR) is 109 cm³/mol. The summed E-state index contributed by atoms with van der Waals surface area (Å²) in [5, 5.41) is 41.5. The number of phenolic OH excluding ortho intramolecular Hbond substituents is 4. The molecule has 4 nitrogen and oxygen atoms in total. The Kier molecular flexibility index (Phi) is 4.53. The lowest BCUT2D eigenvalue weighted by atomic mass is 9.96. The van der Waals surface area contributed by atoms with E-state index in [1.54, 1.807) is 42.5 Å². The van der Waals surface area contributed by atoms with E-state index in [-0.39, 0.29) is 23.0 Å². The van der Waals surface area contributed by atoms with Gasteiger partial charge in [0.05, 0.1) is 0 Å². The smallest absolute Gasteiger partial charge is 0.126 e. The zero-order valence-electron chi connectivity index (χ0n) is 15.1. The van der Waals surface area contributed by atoms with Crippen molar-refractivity contribution < 1.29 is 20.4 Å². The lowest BCUT2D eigenvalue weighted by Crippen LogP contribution is -1.92. The van der Waals surface area contributed by atoms with Crippen LogP contribution in [0, 0.1) is 0 Å². The van der Waals surface area contributed by atoms with Crippen LogP contribution in [0.5, 0.6) is 23.0 Å². The molecule has 0 fully saturated rings. The van der Waals surface area contributed by atoms with Crippen LogP contribution in [0.3, 0.4) is 0 Å². The highest BCUT2D eigenvalue weighted by Gasteiger charge is 2.12. The molecule has 0 atom stereocenters. The first kappa shape index (κ1) is 17.7. The van der Waals surface area contributed by atoms with Crippen LogP contribution in [-0.2, 0) is 12.8 Å². The molecule has 4 N–H and O–H groups in total. The van der Waals surface area contributed by atoms with Crippen LogP contribution >= 0.6 is 0 Å². The minimum atomic E-state index is 0.172. The Morgan fingerprint density at radius 2 is 1.07 bits per heavy atom. The number of hydrogen-bond donors (Lipinski definition) is 4. The number of hydrogen-bond acceptors (Lipinski definition) is 4. The van der Waals surface area contributed by atoms with E-state index in [9.17, 15) is 20.4 Å². The summed E-state index contributed by atoms with van der Waals surface area (Å²) in [5.74, 6) is 0.771. The molecule has 0 aliphatic heterocycles. The van der Waals surface area contributed by atoms with E-state index in [2.05, 4.69) is 0 Å². The Bertz CT molecular complexity index is 1130. The zero-order valence-corrected chi connectivity index (χ0v) is 15.1. The van der Waals surface area contributed by atoms with Crippen molar-refractivity contribution in [3.63, 3.8) is 0 Å². The third-order valence-corrected chi connectivity index (χ3v) is 4.94. The monoisotopic (exact) mass is 372 g/mol. The maximum absolute atomic E-state index is 10.8. The molecule has 4 aromatic rings. The first-order valence-electron chi connectivity index (χ1n) is 9.02. The van der Waals surface area contributed by atoms with Gasteiger partial charge in [0.1, 0.15) is 23.0 Å². The normalized spacial score (nSPS) is 11.0. The lowest BCUT2D eigenvalue weighted by molar-refractivity contribution is 0.469. The number of benzene rings is 4. The summed E-state index contributed by atoms with van der Waals surface area (Å²) in [5.41, 5.74) is 3.41. The summed E-state index contributed by atoms with van der Waals surface area (Å²) in [6.07, 6.45) is 1.03. The van der Waals surface area contributed by atoms with Crippen LogP contribution in [0.1, 0.15) is 22.3 Å². The fraction of sp³-hybridized carbons (Fsp3) is 0.0833. The Labute approximate surface area is 162 Å². The number of aromatic hydroxyl groups is 4. The van der Waals surface area contributed by atoms with Gasteiger partial charge in [-0.1, -0.05) is 36.4 Å². The van der Waals surface area contributed by atoms with E-state index in [0.717, 1.165) is 22.1 Å². The maximum atomic E-state index is 10.8. The average molecular weight is 372 g/mol. The second-order valence-electron chi connectivity index (χ2n) is 6.96. The molecule has 0 saturated carbocycles. The van der Waals surface area contributed by atoms with Crippen molar-refractivity contribution in [3.8, 4) is 23.0 Å². The highest BCUT2D eigenvalue weighted by atomic mass is 16.3. The Balaban J connectivity index is 1.70. The molecule has 0 radical (unpaired) electrons. The van der Waals surface area contributed by atoms with Crippen LogP contribution in [0.15, 0.2) is 72.8 Å². The van der Waals surface area contributed by atoms with Crippen molar-refractivity contribution in [2.45, 2.75) is 12.8 Å². The summed E-state index contributed by atoms with van der Waals surface area (Å²) < 4.78 is 0. The van der Waals surface area contributed by atoms with Gasteiger partial charge < -0.3 is 20.4 Å². The zero-order chi connectivity index (χ0) is 19.7. The number of fused-ring (bicyclic) bond motifs is 1. The molecule has 0 spiro atoms. The second-order valence-corrected chi connectivity index (χ2v) is 6.96. The SMILES string of the molecule is Oc1ccc(Cc2cc3c(O)c(Cc4ccc(O)cc4)ccc3cc2O)cc1. The van der Waals surface area contributed by atoms with Crippen LogP contribution in [0.2, 0.25) is 0 Å². The topological polar surface area (TPSA) is 80.9 Å². The van der Waals surface area contributed by atoms with Gasteiger partial charge in [-0.05, 0) is 64.0 Å². The quantitative estimate of drug-likeness (QED) is 0.413. The number of phenols is 4. The molecule has 0 aromatic heterocycles. The standard InChI is InChI=1S/C24H20O4/c25-20-7-1-15(2-8-20)11-18-6-5-17-14-23(27)19(13-22(17)24(18)28)12-16-3-9-21(26)10-4-16/h1-10,13-14,25-28H,11-12H2. The van der Waals surface area contributed by atoms with Crippen LogP contribution in [-0.4, -0.2) is 20.4 Å². The van der Waals surface area contributed by atoms with Crippen molar-refractivity contribution in [1.29, 1.82) is 0 Å². The fourth-order valence-corrected chi connectivity index (χ4v) is 3.39. The summed E-state index contributed by atoms with van der Waals surface area (Å²) >= 11 is 0. The van der Waals surface area contributed by atoms with Gasteiger partial charge in [0.15, 0.2) is 0 Å². The molecule has 140 valence electrons. The molecule has 0 aliphatic carbocycles. The van der Waals surface area contributed by atoms with Crippen LogP contribution < -0.4 is 0 Å². The van der Waals surface area contributed by atoms with Gasteiger partial charge in [-0.25, -0.2) is 0 Å². The largest absolute Gasteiger partial charge is 0.508 e. The third-order valence-electron chi connectivity index (χ3n) is 4.94. The summed E-state index contributed by atoms with van der Waals surface area (Å²) in [7, 11) is 0. The minimum Gasteiger partial charge on any atom is -0.508 e. The Hall–Kier alpha value is -3.66. The van der Waals surface area contributed by atoms with E-state index in [1.165, 1.54) is 0 Å². The van der Waals surface area contributed by atoms with Crippen molar-refractivity contribution in [3.05, 3.63) is 95.1 Å². The van der Waals surface area contributed by atoms with Crippen LogP contribution in [0.4, 0.5) is 0 Å². The molecule has 4 heteroatoms. The van der Waals surface area contributed by atoms with Gasteiger partial charge in [0, 0.05) is 18.2 Å². The molecule has 0 heterocycles. The van der Waals surface area contributed by atoms with Crippen LogP contribution in [0.25, 0.3) is 10.8 Å². The third kappa shape index (κ3) is 3.58. The molecule has 4 rings (SSSR count). The molecule has 0 aliphatic rings. The van der Waals surface area contributed by atoms with Crippen molar-refractivity contribution >= 4 is 10.8 Å². The molecule has 0 saturated heterocycles. The lowest BCUT2D eigenvalue weighted by Gasteiger charge is -2.12. The maximum Gasteiger partial charge on any atom is 0.126 e. The van der Waals surface area contributed by atoms with Crippen molar-refractivity contribution in [2.75, 3.05) is 0 Å². The first-order chi connectivity index (χ1) is 13.5. The van der Waals surface area contributed by atoms with E-state index in [1.807, 2.05) is 30.3 Å². The highest BCUT2D eigenvalue weighted by Crippen LogP contribution is 2.35. The molecule has 28 heavy (non-hydrogen) atoms. The first-order valence-corrected chi connectivity index (χ1v) is 9.02. The van der Waals surface area contributed by atoms with E-state index < -0.39 is 0 Å². The predicted octanol–water partition coefficient (Wildman–Crippen LogP) is 4.84. The van der Waals surface area contributed by atoms with Crippen molar-refractivity contribution in [1.82, 2.24) is 0 Å². The minimum absolute atomic E-state index is 0.172. The molecular formula is C24H20O4. The number of rotatable bonds is 4. The van der Waals surface area contributed by atoms with Crippen molar-refractivity contribution in [2.24, 2.45) is 0 Å². The van der Waals surface area contributed by atoms with E-state index in [0.29, 0.717) is 23.8 Å². The average Bonchev–Trinajstić information content (AvgIpc) is 2.69. The Morgan fingerprint density at radius 3 is 1.64 bits per heavy atom. The summed E-state index contributed by atoms with van der Waals surface area (Å²) in [6, 6.07) is 20.9. The van der Waals surface area contributed by atoms with E-state index >= 15 is 0 Å². The van der Waals surface area contributed by atoms with Gasteiger partial charge in [0.2, 0.25) is 0 Å². The van der Waals surface area contributed by atoms with Gasteiger partial charge in [-0.3, -0.25) is 0 Å². The molecule has 4 aromatic carbocycles. The van der Waals surface area contributed by atoms with Gasteiger partial charge >= 0.3 is 0 Å². The summed E-state index contributed by atoms with van der Waals surface area (Å²) in [4.78, 5) is 0. The van der Waals surface area contributed by atoms with Gasteiger partial charge in [-0.15, -0.1) is 0 Å². The second kappa shape index (κ2) is 7.16. The van der Waals surface area contributed by atoms with Gasteiger partial charge in [0.25, 0.3) is 0 Å². The fourth-order valence-electron chi connectivity index (χ4n) is 3.39. The van der Waals surface area contributed by atoms with E-state index in [4.69, 9.17) is 0 Å². The Morgan fingerprint density at radius 1 is 0.536 bits per heavy atom. The summed E-state index contributed by atoms with van der Waals surface area (Å²) in [6.45, 7) is 0.